The van der Waals surface area contributed by atoms with Crippen molar-refractivity contribution in [1.82, 2.24) is 4.83 Å². The van der Waals surface area contributed by atoms with Crippen LogP contribution in [0.5, 0.6) is 17.2 Å². The number of benzene rings is 2. The summed E-state index contributed by atoms with van der Waals surface area (Å²) in [7, 11) is -0.978. The fraction of sp³-hybridized carbons (Fsp3) is 0.133. The standard InChI is InChI=1S/C15H15BrN2O5S/c1-22-13-7-10(8-14(23-2)15(13)19)9-17-18-24(20,21)12-5-3-11(16)4-6-12/h3-9,18-19H,1-2H3. The van der Waals surface area contributed by atoms with E-state index in [1.54, 1.807) is 12.1 Å². The zero-order chi connectivity index (χ0) is 17.7. The Morgan fingerprint density at radius 2 is 1.67 bits per heavy atom. The second-order valence-electron chi connectivity index (χ2n) is 4.58. The van der Waals surface area contributed by atoms with Crippen molar-refractivity contribution in [2.24, 2.45) is 5.10 Å². The second-order valence-corrected chi connectivity index (χ2v) is 7.16. The number of hydrazone groups is 1. The Morgan fingerprint density at radius 3 is 2.17 bits per heavy atom. The Balaban J connectivity index is 2.21. The van der Waals surface area contributed by atoms with E-state index in [4.69, 9.17) is 9.47 Å². The van der Waals surface area contributed by atoms with Gasteiger partial charge in [0.25, 0.3) is 10.0 Å². The average Bonchev–Trinajstić information content (AvgIpc) is 2.56. The van der Waals surface area contributed by atoms with E-state index < -0.39 is 10.0 Å². The van der Waals surface area contributed by atoms with Gasteiger partial charge in [0.2, 0.25) is 5.75 Å². The second kappa shape index (κ2) is 7.54. The van der Waals surface area contributed by atoms with Crippen LogP contribution in [0.4, 0.5) is 0 Å². The molecule has 0 bridgehead atoms. The molecule has 0 saturated heterocycles. The monoisotopic (exact) mass is 414 g/mol. The topological polar surface area (TPSA) is 97.2 Å². The Kier molecular flexibility index (Phi) is 5.68. The lowest BCUT2D eigenvalue weighted by molar-refractivity contribution is 0.340. The zero-order valence-electron chi connectivity index (χ0n) is 12.9. The highest BCUT2D eigenvalue weighted by molar-refractivity contribution is 9.10. The molecule has 2 aromatic rings. The van der Waals surface area contributed by atoms with Crippen molar-refractivity contribution in [3.8, 4) is 17.2 Å². The van der Waals surface area contributed by atoms with Crippen LogP contribution in [0.2, 0.25) is 0 Å². The number of sulfonamides is 1. The van der Waals surface area contributed by atoms with E-state index in [0.29, 0.717) is 5.56 Å². The van der Waals surface area contributed by atoms with Crippen molar-refractivity contribution in [3.63, 3.8) is 0 Å². The molecule has 0 radical (unpaired) electrons. The normalized spacial score (nSPS) is 11.5. The Bertz CT molecular complexity index is 826. The molecule has 24 heavy (non-hydrogen) atoms. The molecule has 2 N–H and O–H groups in total. The third kappa shape index (κ3) is 4.18. The minimum Gasteiger partial charge on any atom is -0.502 e. The smallest absolute Gasteiger partial charge is 0.276 e. The summed E-state index contributed by atoms with van der Waals surface area (Å²) in [5.74, 6) is 0.228. The van der Waals surface area contributed by atoms with Crippen LogP contribution in [0, 0.1) is 0 Å². The van der Waals surface area contributed by atoms with Crippen LogP contribution in [0.15, 0.2) is 50.9 Å². The Labute approximate surface area is 148 Å². The number of methoxy groups -OCH3 is 2. The van der Waals surface area contributed by atoms with Crippen molar-refractivity contribution < 1.29 is 23.0 Å². The van der Waals surface area contributed by atoms with E-state index in [0.717, 1.165) is 4.47 Å². The maximum absolute atomic E-state index is 12.1. The van der Waals surface area contributed by atoms with Gasteiger partial charge < -0.3 is 14.6 Å². The number of halogens is 1. The average molecular weight is 415 g/mol. The predicted octanol–water partition coefficient (Wildman–Crippen LogP) is 2.48. The molecule has 0 atom stereocenters. The van der Waals surface area contributed by atoms with Crippen molar-refractivity contribution in [3.05, 3.63) is 46.4 Å². The number of hydrogen-bond acceptors (Lipinski definition) is 6. The van der Waals surface area contributed by atoms with E-state index in [9.17, 15) is 13.5 Å². The molecule has 7 nitrogen and oxygen atoms in total. The molecular formula is C15H15BrN2O5S. The molecule has 0 amide bonds. The van der Waals surface area contributed by atoms with E-state index in [-0.39, 0.29) is 22.1 Å². The largest absolute Gasteiger partial charge is 0.502 e. The highest BCUT2D eigenvalue weighted by Gasteiger charge is 2.13. The van der Waals surface area contributed by atoms with Gasteiger partial charge in [-0.2, -0.15) is 13.5 Å². The SMILES string of the molecule is COc1cc(C=NNS(=O)(=O)c2ccc(Br)cc2)cc(OC)c1O. The van der Waals surface area contributed by atoms with Gasteiger partial charge in [-0.05, 0) is 36.4 Å². The molecule has 0 aromatic heterocycles. The minimum absolute atomic E-state index is 0.0868. The summed E-state index contributed by atoms with van der Waals surface area (Å²) < 4.78 is 35.0. The molecule has 9 heteroatoms. The van der Waals surface area contributed by atoms with Crippen LogP contribution in [0.3, 0.4) is 0 Å². The highest BCUT2D eigenvalue weighted by Crippen LogP contribution is 2.36. The summed E-state index contributed by atoms with van der Waals surface area (Å²) in [5, 5.41) is 13.6. The van der Waals surface area contributed by atoms with Gasteiger partial charge in [-0.15, -0.1) is 0 Å². The van der Waals surface area contributed by atoms with E-state index in [2.05, 4.69) is 25.9 Å². The van der Waals surface area contributed by atoms with Gasteiger partial charge in [0.15, 0.2) is 11.5 Å². The van der Waals surface area contributed by atoms with Gasteiger partial charge >= 0.3 is 0 Å². The van der Waals surface area contributed by atoms with Crippen LogP contribution < -0.4 is 14.3 Å². The molecule has 0 aliphatic carbocycles. The van der Waals surface area contributed by atoms with Gasteiger partial charge in [0.1, 0.15) is 0 Å². The first kappa shape index (κ1) is 18.1. The number of phenolic OH excluding ortho intramolecular Hbond substituents is 1. The quantitative estimate of drug-likeness (QED) is 0.558. The van der Waals surface area contributed by atoms with Crippen LogP contribution in [0.25, 0.3) is 0 Å². The van der Waals surface area contributed by atoms with E-state index in [1.807, 2.05) is 0 Å². The van der Waals surface area contributed by atoms with Crippen LogP contribution in [-0.4, -0.2) is 34.0 Å². The first-order valence-electron chi connectivity index (χ1n) is 6.63. The fourth-order valence-corrected chi connectivity index (χ4v) is 2.88. The minimum atomic E-state index is -3.77. The summed E-state index contributed by atoms with van der Waals surface area (Å²) >= 11 is 3.24. The number of phenols is 1. The summed E-state index contributed by atoms with van der Waals surface area (Å²) in [4.78, 5) is 2.20. The van der Waals surface area contributed by atoms with Crippen molar-refractivity contribution in [2.45, 2.75) is 4.90 Å². The van der Waals surface area contributed by atoms with Gasteiger partial charge in [-0.3, -0.25) is 0 Å². The van der Waals surface area contributed by atoms with Crippen molar-refractivity contribution >= 4 is 32.2 Å². The van der Waals surface area contributed by atoms with Gasteiger partial charge in [0.05, 0.1) is 25.3 Å². The molecule has 0 spiro atoms. The molecule has 0 aliphatic rings. The number of hydrogen-bond donors (Lipinski definition) is 2. The van der Waals surface area contributed by atoms with E-state index >= 15 is 0 Å². The Hall–Kier alpha value is -2.26. The first-order valence-corrected chi connectivity index (χ1v) is 8.90. The summed E-state index contributed by atoms with van der Waals surface area (Å²) in [6, 6.07) is 9.13. The van der Waals surface area contributed by atoms with E-state index in [1.165, 1.54) is 44.7 Å². The predicted molar refractivity (Wildman–Crippen MR) is 93.3 cm³/mol. The lowest BCUT2D eigenvalue weighted by atomic mass is 10.2. The fourth-order valence-electron chi connectivity index (χ4n) is 1.83. The summed E-state index contributed by atoms with van der Waals surface area (Å²) in [6.07, 6.45) is 1.28. The molecule has 0 saturated carbocycles. The van der Waals surface area contributed by atoms with Crippen LogP contribution in [0.1, 0.15) is 5.56 Å². The molecule has 0 aliphatic heterocycles. The number of aromatic hydroxyl groups is 1. The number of nitrogens with zero attached hydrogens (tertiary/aromatic N) is 1. The maximum atomic E-state index is 12.1. The van der Waals surface area contributed by atoms with Crippen molar-refractivity contribution in [2.75, 3.05) is 14.2 Å². The molecule has 2 rings (SSSR count). The molecule has 0 heterocycles. The number of ether oxygens (including phenoxy) is 2. The molecule has 2 aromatic carbocycles. The summed E-state index contributed by atoms with van der Waals surface area (Å²) in [5.41, 5.74) is 0.486. The highest BCUT2D eigenvalue weighted by atomic mass is 79.9. The van der Waals surface area contributed by atoms with Crippen LogP contribution >= 0.6 is 15.9 Å². The Morgan fingerprint density at radius 1 is 1.12 bits per heavy atom. The van der Waals surface area contributed by atoms with Crippen molar-refractivity contribution in [1.29, 1.82) is 0 Å². The molecule has 0 fully saturated rings. The molecule has 128 valence electrons. The maximum Gasteiger partial charge on any atom is 0.276 e. The molecular weight excluding hydrogens is 400 g/mol. The lowest BCUT2D eigenvalue weighted by Crippen LogP contribution is -2.18. The number of nitrogens with one attached hydrogen (secondary N) is 1. The molecule has 0 unspecified atom stereocenters. The third-order valence-corrected chi connectivity index (χ3v) is 4.78. The zero-order valence-corrected chi connectivity index (χ0v) is 15.3. The first-order chi connectivity index (χ1) is 11.4. The lowest BCUT2D eigenvalue weighted by Gasteiger charge is -2.09. The third-order valence-electron chi connectivity index (χ3n) is 3.01. The summed E-state index contributed by atoms with van der Waals surface area (Å²) in [6.45, 7) is 0. The van der Waals surface area contributed by atoms with Gasteiger partial charge in [-0.1, -0.05) is 15.9 Å². The van der Waals surface area contributed by atoms with Gasteiger partial charge in [-0.25, -0.2) is 4.83 Å². The van der Waals surface area contributed by atoms with Crippen LogP contribution in [-0.2, 0) is 10.0 Å². The van der Waals surface area contributed by atoms with Gasteiger partial charge in [0, 0.05) is 10.0 Å². The number of rotatable bonds is 6.